The number of benzene rings is 3. The minimum Gasteiger partial charge on any atom is -0.444 e. The average Bonchev–Trinajstić information content (AvgIpc) is 3.45. The minimum absolute atomic E-state index is 0.0124. The summed E-state index contributed by atoms with van der Waals surface area (Å²) in [7, 11) is -6.15. The van der Waals surface area contributed by atoms with Gasteiger partial charge in [-0.1, -0.05) is 45.0 Å². The number of fused-ring (bicyclic) bond motifs is 1. The molecule has 1 atom stereocenters. The Morgan fingerprint density at radius 1 is 1.00 bits per heavy atom. The second-order valence-corrected chi connectivity index (χ2v) is 21.7. The van der Waals surface area contributed by atoms with Crippen molar-refractivity contribution in [2.75, 3.05) is 29.3 Å². The Bertz CT molecular complexity index is 1840. The van der Waals surface area contributed by atoms with Crippen molar-refractivity contribution < 1.29 is 27.2 Å². The second-order valence-electron chi connectivity index (χ2n) is 15.3. The maximum atomic E-state index is 13.7. The molecule has 0 aromatic heterocycles. The lowest BCUT2D eigenvalue weighted by Crippen LogP contribution is -2.46. The summed E-state index contributed by atoms with van der Waals surface area (Å²) in [5, 5.41) is 8.94. The van der Waals surface area contributed by atoms with Crippen molar-refractivity contribution in [1.82, 2.24) is 4.90 Å². The van der Waals surface area contributed by atoms with Gasteiger partial charge in [0.2, 0.25) is 5.91 Å². The van der Waals surface area contributed by atoms with Crippen LogP contribution in [0.15, 0.2) is 71.6 Å². The summed E-state index contributed by atoms with van der Waals surface area (Å²) >= 11 is 0. The number of anilines is 2. The molecule has 268 valence electrons. The van der Waals surface area contributed by atoms with Gasteiger partial charge in [0, 0.05) is 31.4 Å². The zero-order valence-electron chi connectivity index (χ0n) is 30.7. The molecule has 1 heterocycles. The third-order valence-electron chi connectivity index (χ3n) is 9.20. The zero-order valence-corrected chi connectivity index (χ0v) is 32.5. The molecule has 2 amide bonds. The predicted octanol–water partition coefficient (Wildman–Crippen LogP) is 7.81. The second kappa shape index (κ2) is 15.0. The molecule has 1 unspecified atom stereocenters. The van der Waals surface area contributed by atoms with Crippen LogP contribution in [0.1, 0.15) is 76.8 Å². The van der Waals surface area contributed by atoms with Gasteiger partial charge in [-0.3, -0.25) is 9.52 Å². The Morgan fingerprint density at radius 3 is 2.20 bits per heavy atom. The van der Waals surface area contributed by atoms with E-state index < -0.39 is 36.1 Å². The topological polar surface area (TPSA) is 129 Å². The van der Waals surface area contributed by atoms with Crippen LogP contribution in [0.5, 0.6) is 0 Å². The molecule has 0 fully saturated rings. The number of nitriles is 1. The van der Waals surface area contributed by atoms with Crippen LogP contribution in [0.4, 0.5) is 16.2 Å². The van der Waals surface area contributed by atoms with Crippen molar-refractivity contribution in [2.45, 2.75) is 96.0 Å². The molecule has 3 aromatic rings. The van der Waals surface area contributed by atoms with E-state index in [0.717, 1.165) is 28.8 Å². The van der Waals surface area contributed by atoms with E-state index in [1.165, 1.54) is 24.3 Å². The number of carbonyl (C=O) groups is 2. The normalized spacial score (nSPS) is 14.0. The van der Waals surface area contributed by atoms with Crippen LogP contribution in [-0.2, 0) is 36.8 Å². The van der Waals surface area contributed by atoms with E-state index in [2.05, 4.69) is 44.7 Å². The predicted molar refractivity (Wildman–Crippen MR) is 199 cm³/mol. The Labute approximate surface area is 298 Å². The van der Waals surface area contributed by atoms with Gasteiger partial charge in [-0.05, 0) is 111 Å². The zero-order chi connectivity index (χ0) is 37.1. The molecule has 0 saturated heterocycles. The first-order chi connectivity index (χ1) is 23.2. The summed E-state index contributed by atoms with van der Waals surface area (Å²) in [5.74, 6) is 0.0124. The van der Waals surface area contributed by atoms with E-state index in [1.54, 1.807) is 28.9 Å². The van der Waals surface area contributed by atoms with E-state index in [1.807, 2.05) is 51.1 Å². The molecule has 0 bridgehead atoms. The number of hydrogen-bond acceptors (Lipinski definition) is 7. The highest BCUT2D eigenvalue weighted by molar-refractivity contribution is 7.92. The SMILES string of the molecule is CC(=O)N1CCc2cc(C(CN(CCc3ccc(NS(=O)(=O)c4ccc(C#N)cc4)cc3)C(=O)OC(C)(C)C)O[Si](C)(C)C(C)(C)C)ccc21. The number of nitrogens with zero attached hydrogens (tertiary/aromatic N) is 3. The van der Waals surface area contributed by atoms with Crippen molar-refractivity contribution in [3.63, 3.8) is 0 Å². The summed E-state index contributed by atoms with van der Waals surface area (Å²) < 4.78 is 41.3. The fraction of sp³-hybridized carbons (Fsp3) is 0.447. The third kappa shape index (κ3) is 9.74. The van der Waals surface area contributed by atoms with Crippen molar-refractivity contribution in [2.24, 2.45) is 0 Å². The van der Waals surface area contributed by atoms with Gasteiger partial charge >= 0.3 is 6.09 Å². The van der Waals surface area contributed by atoms with E-state index in [-0.39, 0.29) is 22.4 Å². The summed E-state index contributed by atoms with van der Waals surface area (Å²) in [6.45, 7) is 19.3. The number of rotatable bonds is 11. The van der Waals surface area contributed by atoms with Crippen molar-refractivity contribution in [3.8, 4) is 6.07 Å². The molecule has 0 radical (unpaired) electrons. The molecule has 3 aromatic carbocycles. The summed E-state index contributed by atoms with van der Waals surface area (Å²) in [4.78, 5) is 29.5. The molecule has 0 aliphatic carbocycles. The molecule has 50 heavy (non-hydrogen) atoms. The lowest BCUT2D eigenvalue weighted by atomic mass is 10.0. The molecule has 12 heteroatoms. The maximum absolute atomic E-state index is 13.7. The van der Waals surface area contributed by atoms with Crippen LogP contribution in [0.25, 0.3) is 0 Å². The van der Waals surface area contributed by atoms with Gasteiger partial charge in [0.1, 0.15) is 5.60 Å². The van der Waals surface area contributed by atoms with Crippen molar-refractivity contribution >= 4 is 41.7 Å². The Morgan fingerprint density at radius 2 is 1.64 bits per heavy atom. The molecule has 0 spiro atoms. The summed E-state index contributed by atoms with van der Waals surface area (Å²) in [6.07, 6.45) is 0.369. The van der Waals surface area contributed by atoms with E-state index in [9.17, 15) is 18.0 Å². The number of sulfonamides is 1. The summed E-state index contributed by atoms with van der Waals surface area (Å²) in [5.41, 5.74) is 3.92. The van der Waals surface area contributed by atoms with Crippen LogP contribution in [-0.4, -0.2) is 58.9 Å². The van der Waals surface area contributed by atoms with Gasteiger partial charge < -0.3 is 19.0 Å². The molecule has 1 aliphatic heterocycles. The Kier molecular flexibility index (Phi) is 11.6. The minimum atomic E-state index is -3.84. The quantitative estimate of drug-likeness (QED) is 0.200. The van der Waals surface area contributed by atoms with E-state index in [0.29, 0.717) is 30.8 Å². The Balaban J connectivity index is 1.58. The van der Waals surface area contributed by atoms with E-state index in [4.69, 9.17) is 14.4 Å². The first-order valence-electron chi connectivity index (χ1n) is 16.9. The highest BCUT2D eigenvalue weighted by Gasteiger charge is 2.40. The molecule has 10 nitrogen and oxygen atoms in total. The van der Waals surface area contributed by atoms with E-state index >= 15 is 0 Å². The largest absolute Gasteiger partial charge is 0.444 e. The molecule has 4 rings (SSSR count). The number of amides is 2. The van der Waals surface area contributed by atoms with Gasteiger partial charge in [0.25, 0.3) is 10.0 Å². The standard InChI is InChI=1S/C38H50N4O6SSi/c1-27(43)42-23-21-30-24-31(14-19-34(30)42)35(48-50(8,9)38(5,6)7)26-41(36(44)47-37(2,3)4)22-20-28-10-15-32(16-11-28)40-49(45,46)33-17-12-29(25-39)13-18-33/h10-19,24,35,40H,20-23,26H2,1-9H3. The van der Waals surface area contributed by atoms with Crippen LogP contribution in [0, 0.1) is 11.3 Å². The lowest BCUT2D eigenvalue weighted by Gasteiger charge is -2.41. The molecule has 1 N–H and O–H groups in total. The molecular weight excluding hydrogens is 669 g/mol. The monoisotopic (exact) mass is 718 g/mol. The van der Waals surface area contributed by atoms with Gasteiger partial charge in [0.05, 0.1) is 29.2 Å². The van der Waals surface area contributed by atoms with Gasteiger partial charge in [0.15, 0.2) is 8.32 Å². The number of hydrogen-bond donors (Lipinski definition) is 1. The van der Waals surface area contributed by atoms with Crippen LogP contribution in [0.2, 0.25) is 18.1 Å². The lowest BCUT2D eigenvalue weighted by molar-refractivity contribution is -0.116. The fourth-order valence-corrected chi connectivity index (χ4v) is 7.74. The van der Waals surface area contributed by atoms with Crippen molar-refractivity contribution in [3.05, 3.63) is 89.0 Å². The number of nitrogens with one attached hydrogen (secondary N) is 1. The Hall–Kier alpha value is -4.18. The smallest absolute Gasteiger partial charge is 0.410 e. The maximum Gasteiger partial charge on any atom is 0.410 e. The van der Waals surface area contributed by atoms with Gasteiger partial charge in [-0.25, -0.2) is 13.2 Å². The average molecular weight is 719 g/mol. The van der Waals surface area contributed by atoms with Crippen LogP contribution < -0.4 is 9.62 Å². The molecule has 0 saturated carbocycles. The number of ether oxygens (including phenoxy) is 1. The van der Waals surface area contributed by atoms with Crippen molar-refractivity contribution in [1.29, 1.82) is 5.26 Å². The highest BCUT2D eigenvalue weighted by Crippen LogP contribution is 2.41. The number of carbonyl (C=O) groups excluding carboxylic acids is 2. The third-order valence-corrected chi connectivity index (χ3v) is 15.1. The first-order valence-corrected chi connectivity index (χ1v) is 21.3. The highest BCUT2D eigenvalue weighted by atomic mass is 32.2. The van der Waals surface area contributed by atoms with Gasteiger partial charge in [-0.2, -0.15) is 5.26 Å². The molecule has 1 aliphatic rings. The molecular formula is C38H50N4O6SSi. The fourth-order valence-electron chi connectivity index (χ4n) is 5.40. The summed E-state index contributed by atoms with van der Waals surface area (Å²) in [6, 6.07) is 20.8. The first kappa shape index (κ1) is 38.6. The van der Waals surface area contributed by atoms with Crippen LogP contribution in [0.3, 0.4) is 0 Å². The van der Waals surface area contributed by atoms with Gasteiger partial charge in [-0.15, -0.1) is 0 Å². The van der Waals surface area contributed by atoms with Crippen LogP contribution >= 0.6 is 0 Å².